The van der Waals surface area contributed by atoms with Crippen LogP contribution in [0.5, 0.6) is 5.75 Å². The zero-order valence-corrected chi connectivity index (χ0v) is 9.87. The van der Waals surface area contributed by atoms with Crippen LogP contribution in [0.15, 0.2) is 42.6 Å². The molecule has 0 aliphatic rings. The highest BCUT2D eigenvalue weighted by Gasteiger charge is 2.00. The molecule has 16 heavy (non-hydrogen) atoms. The van der Waals surface area contributed by atoms with Gasteiger partial charge < -0.3 is 4.74 Å². The molecule has 0 saturated heterocycles. The van der Waals surface area contributed by atoms with E-state index in [1.165, 1.54) is 0 Å². The molecule has 0 N–H and O–H groups in total. The molecule has 0 saturated carbocycles. The highest BCUT2D eigenvalue weighted by atomic mass is 35.5. The van der Waals surface area contributed by atoms with Gasteiger partial charge in [-0.3, -0.25) is 4.98 Å². The van der Waals surface area contributed by atoms with E-state index in [9.17, 15) is 0 Å². The van der Waals surface area contributed by atoms with E-state index >= 15 is 0 Å². The SMILES string of the molecule is Clc1cc(Cl)cc(OCc2ccccn2)c1. The van der Waals surface area contributed by atoms with Crippen molar-refractivity contribution in [3.05, 3.63) is 58.3 Å². The van der Waals surface area contributed by atoms with E-state index in [2.05, 4.69) is 4.98 Å². The number of pyridine rings is 1. The molecule has 0 aliphatic heterocycles. The Morgan fingerprint density at radius 2 is 1.81 bits per heavy atom. The fourth-order valence-corrected chi connectivity index (χ4v) is 1.76. The zero-order valence-electron chi connectivity index (χ0n) is 8.36. The topological polar surface area (TPSA) is 22.1 Å². The molecule has 0 amide bonds. The summed E-state index contributed by atoms with van der Waals surface area (Å²) in [5.74, 6) is 0.642. The van der Waals surface area contributed by atoms with Crippen LogP contribution >= 0.6 is 23.2 Å². The summed E-state index contributed by atoms with van der Waals surface area (Å²) in [5.41, 5.74) is 0.860. The Labute approximate surface area is 104 Å². The normalized spacial score (nSPS) is 10.1. The number of rotatable bonds is 3. The smallest absolute Gasteiger partial charge is 0.130 e. The third-order valence-electron chi connectivity index (χ3n) is 1.95. The lowest BCUT2D eigenvalue weighted by atomic mass is 10.3. The second-order valence-corrected chi connectivity index (χ2v) is 4.09. The number of ether oxygens (including phenoxy) is 1. The van der Waals surface area contributed by atoms with Crippen molar-refractivity contribution in [1.82, 2.24) is 4.98 Å². The van der Waals surface area contributed by atoms with Crippen LogP contribution in [0, 0.1) is 0 Å². The van der Waals surface area contributed by atoms with Gasteiger partial charge in [0.25, 0.3) is 0 Å². The summed E-state index contributed by atoms with van der Waals surface area (Å²) in [6, 6.07) is 10.8. The Morgan fingerprint density at radius 1 is 1.06 bits per heavy atom. The second kappa shape index (κ2) is 5.19. The van der Waals surface area contributed by atoms with E-state index in [0.29, 0.717) is 22.4 Å². The van der Waals surface area contributed by atoms with Crippen LogP contribution in [-0.2, 0) is 6.61 Å². The molecule has 2 rings (SSSR count). The predicted octanol–water partition coefficient (Wildman–Crippen LogP) is 3.97. The summed E-state index contributed by atoms with van der Waals surface area (Å²) in [6.45, 7) is 0.400. The van der Waals surface area contributed by atoms with Crippen LogP contribution in [0.1, 0.15) is 5.69 Å². The van der Waals surface area contributed by atoms with Crippen LogP contribution in [0.4, 0.5) is 0 Å². The summed E-state index contributed by atoms with van der Waals surface area (Å²) < 4.78 is 5.52. The highest BCUT2D eigenvalue weighted by molar-refractivity contribution is 6.34. The summed E-state index contributed by atoms with van der Waals surface area (Å²) in [5, 5.41) is 1.12. The molecule has 1 heterocycles. The molecule has 1 aromatic carbocycles. The van der Waals surface area contributed by atoms with Crippen LogP contribution in [0.25, 0.3) is 0 Å². The largest absolute Gasteiger partial charge is 0.487 e. The zero-order chi connectivity index (χ0) is 11.4. The molecule has 0 unspecified atom stereocenters. The van der Waals surface area contributed by atoms with Crippen molar-refractivity contribution in [3.8, 4) is 5.75 Å². The molecular weight excluding hydrogens is 245 g/mol. The van der Waals surface area contributed by atoms with Crippen LogP contribution < -0.4 is 4.74 Å². The second-order valence-electron chi connectivity index (χ2n) is 3.21. The summed E-state index contributed by atoms with van der Waals surface area (Å²) in [6.07, 6.45) is 1.73. The Balaban J connectivity index is 2.05. The van der Waals surface area contributed by atoms with E-state index in [-0.39, 0.29) is 0 Å². The van der Waals surface area contributed by atoms with E-state index in [1.54, 1.807) is 24.4 Å². The van der Waals surface area contributed by atoms with Gasteiger partial charge in [0.1, 0.15) is 12.4 Å². The van der Waals surface area contributed by atoms with Gasteiger partial charge in [0.05, 0.1) is 5.69 Å². The first-order valence-electron chi connectivity index (χ1n) is 4.73. The first-order chi connectivity index (χ1) is 7.74. The minimum Gasteiger partial charge on any atom is -0.487 e. The lowest BCUT2D eigenvalue weighted by Gasteiger charge is -2.06. The Kier molecular flexibility index (Phi) is 3.65. The van der Waals surface area contributed by atoms with Crippen molar-refractivity contribution in [2.45, 2.75) is 6.61 Å². The third kappa shape index (κ3) is 3.12. The maximum atomic E-state index is 5.85. The molecule has 2 aromatic rings. The number of nitrogens with zero attached hydrogens (tertiary/aromatic N) is 1. The van der Waals surface area contributed by atoms with E-state index in [4.69, 9.17) is 27.9 Å². The van der Waals surface area contributed by atoms with Gasteiger partial charge in [0.15, 0.2) is 0 Å². The molecular formula is C12H9Cl2NO. The average Bonchev–Trinajstić information content (AvgIpc) is 2.27. The average molecular weight is 254 g/mol. The molecule has 0 atom stereocenters. The molecule has 82 valence electrons. The molecule has 0 radical (unpaired) electrons. The van der Waals surface area contributed by atoms with Gasteiger partial charge in [-0.15, -0.1) is 0 Å². The fourth-order valence-electron chi connectivity index (χ4n) is 1.25. The predicted molar refractivity (Wildman–Crippen MR) is 65.0 cm³/mol. The molecule has 4 heteroatoms. The van der Waals surface area contributed by atoms with Gasteiger partial charge >= 0.3 is 0 Å². The lowest BCUT2D eigenvalue weighted by Crippen LogP contribution is -1.97. The van der Waals surface area contributed by atoms with Gasteiger partial charge in [-0.05, 0) is 30.3 Å². The summed E-state index contributed by atoms with van der Waals surface area (Å²) >= 11 is 11.7. The van der Waals surface area contributed by atoms with Crippen molar-refractivity contribution in [1.29, 1.82) is 0 Å². The molecule has 0 spiro atoms. The van der Waals surface area contributed by atoms with E-state index in [1.807, 2.05) is 18.2 Å². The van der Waals surface area contributed by atoms with Crippen molar-refractivity contribution in [2.75, 3.05) is 0 Å². The van der Waals surface area contributed by atoms with Crippen molar-refractivity contribution in [3.63, 3.8) is 0 Å². The quantitative estimate of drug-likeness (QED) is 0.826. The standard InChI is InChI=1S/C12H9Cl2NO/c13-9-5-10(14)7-12(6-9)16-8-11-3-1-2-4-15-11/h1-7H,8H2. The van der Waals surface area contributed by atoms with Gasteiger partial charge in [-0.25, -0.2) is 0 Å². The van der Waals surface area contributed by atoms with Crippen molar-refractivity contribution >= 4 is 23.2 Å². The molecule has 0 fully saturated rings. The molecule has 0 aliphatic carbocycles. The van der Waals surface area contributed by atoms with Gasteiger partial charge in [0, 0.05) is 16.2 Å². The Hall–Kier alpha value is -1.25. The number of halogens is 2. The van der Waals surface area contributed by atoms with Gasteiger partial charge in [0.2, 0.25) is 0 Å². The van der Waals surface area contributed by atoms with Crippen molar-refractivity contribution in [2.24, 2.45) is 0 Å². The number of hydrogen-bond acceptors (Lipinski definition) is 2. The number of hydrogen-bond donors (Lipinski definition) is 0. The lowest BCUT2D eigenvalue weighted by molar-refractivity contribution is 0.301. The Bertz CT molecular complexity index is 453. The van der Waals surface area contributed by atoms with Crippen LogP contribution in [0.3, 0.4) is 0 Å². The van der Waals surface area contributed by atoms with Gasteiger partial charge in [-0.1, -0.05) is 29.3 Å². The molecule has 0 bridgehead atoms. The maximum Gasteiger partial charge on any atom is 0.130 e. The highest BCUT2D eigenvalue weighted by Crippen LogP contribution is 2.24. The van der Waals surface area contributed by atoms with Crippen molar-refractivity contribution < 1.29 is 4.74 Å². The minimum absolute atomic E-state index is 0.400. The van der Waals surface area contributed by atoms with E-state index < -0.39 is 0 Å². The fraction of sp³-hybridized carbons (Fsp3) is 0.0833. The van der Waals surface area contributed by atoms with Crippen LogP contribution in [-0.4, -0.2) is 4.98 Å². The van der Waals surface area contributed by atoms with Crippen LogP contribution in [0.2, 0.25) is 10.0 Å². The van der Waals surface area contributed by atoms with Gasteiger partial charge in [-0.2, -0.15) is 0 Å². The summed E-state index contributed by atoms with van der Waals surface area (Å²) in [4.78, 5) is 4.15. The maximum absolute atomic E-state index is 5.85. The van der Waals surface area contributed by atoms with E-state index in [0.717, 1.165) is 5.69 Å². The Morgan fingerprint density at radius 3 is 2.44 bits per heavy atom. The molecule has 1 aromatic heterocycles. The monoisotopic (exact) mass is 253 g/mol. The minimum atomic E-state index is 0.400. The number of benzene rings is 1. The third-order valence-corrected chi connectivity index (χ3v) is 2.39. The summed E-state index contributed by atoms with van der Waals surface area (Å²) in [7, 11) is 0. The first kappa shape index (κ1) is 11.2. The first-order valence-corrected chi connectivity index (χ1v) is 5.48. The molecule has 2 nitrogen and oxygen atoms in total. The number of aromatic nitrogens is 1.